The molecule has 0 atom stereocenters. The van der Waals surface area contributed by atoms with E-state index in [0.717, 1.165) is 18.1 Å². The van der Waals surface area contributed by atoms with Gasteiger partial charge in [-0.1, -0.05) is 0 Å². The third-order valence-electron chi connectivity index (χ3n) is 0.735. The third kappa shape index (κ3) is 7.10. The number of hydrogen-bond donors (Lipinski definition) is 1. The van der Waals surface area contributed by atoms with Crippen LogP contribution in [-0.2, 0) is 0 Å². The molecule has 0 saturated heterocycles. The van der Waals surface area contributed by atoms with Gasteiger partial charge in [0.15, 0.2) is 0 Å². The molecule has 0 saturated carbocycles. The molecule has 0 aromatic rings. The molecule has 0 rings (SSSR count). The van der Waals surface area contributed by atoms with Gasteiger partial charge in [-0.05, 0) is 0 Å². The van der Waals surface area contributed by atoms with Crippen LogP contribution in [0, 0.1) is 0 Å². The normalized spacial score (nSPS) is 10.5. The first-order valence-corrected chi connectivity index (χ1v) is 8.73. The first-order valence-electron chi connectivity index (χ1n) is 2.47. The topological polar surface area (TPSA) is 20.2 Å². The molecule has 0 spiro atoms. The van der Waals surface area contributed by atoms with Crippen LogP contribution in [0.2, 0.25) is 5.21 Å². The predicted molar refractivity (Wildman–Crippen MR) is 38.6 cm³/mol. The Morgan fingerprint density at radius 2 is 1.88 bits per heavy atom. The average molecular weight is 219 g/mol. The Morgan fingerprint density at radius 1 is 1.25 bits per heavy atom. The monoisotopic (exact) mass is 218 g/mol. The molecule has 0 aliphatic rings. The van der Waals surface area contributed by atoms with Crippen molar-refractivity contribution in [1.29, 1.82) is 0 Å². The quantitative estimate of drug-likeness (QED) is 0.563. The molecule has 0 amide bonds. The van der Waals surface area contributed by atoms with Gasteiger partial charge in [0.1, 0.15) is 0 Å². The van der Waals surface area contributed by atoms with E-state index in [4.69, 9.17) is 25.0 Å². The molecule has 4 heteroatoms. The Bertz CT molecular complexity index is 51.3. The number of rotatable bonds is 4. The summed E-state index contributed by atoms with van der Waals surface area (Å²) in [6, 6.07) is 0. The average Bonchev–Trinajstić information content (AvgIpc) is 1.66. The summed E-state index contributed by atoms with van der Waals surface area (Å²) in [7, 11) is 11.1. The Kier molecular flexibility index (Phi) is 7.08. The van der Waals surface area contributed by atoms with E-state index < -0.39 is 12.8 Å². The Hall–Kier alpha value is 1.10. The van der Waals surface area contributed by atoms with Crippen molar-refractivity contribution in [3.05, 3.63) is 0 Å². The molecule has 0 aliphatic heterocycles. The van der Waals surface area contributed by atoms with Gasteiger partial charge in [-0.2, -0.15) is 0 Å². The van der Waals surface area contributed by atoms with E-state index in [9.17, 15) is 0 Å². The summed E-state index contributed by atoms with van der Waals surface area (Å²) < 4.78 is 0. The summed E-state index contributed by atoms with van der Waals surface area (Å²) in [6.45, 7) is 0.260. The molecule has 1 N–H and O–H groups in total. The second-order valence-electron chi connectivity index (χ2n) is 1.46. The summed E-state index contributed by atoms with van der Waals surface area (Å²) in [5, 5.41) is 9.24. The van der Waals surface area contributed by atoms with Crippen LogP contribution in [0.3, 0.4) is 0 Å². The standard InChI is InChI=1S/C4H9AsCl2O/c6-5(7)3-1-2-4-8/h8H,1-4H2. The Morgan fingerprint density at radius 3 is 2.25 bits per heavy atom. The van der Waals surface area contributed by atoms with Gasteiger partial charge in [-0.3, -0.25) is 0 Å². The molecule has 8 heavy (non-hydrogen) atoms. The summed E-state index contributed by atoms with van der Waals surface area (Å²) in [5.74, 6) is 0. The van der Waals surface area contributed by atoms with Gasteiger partial charge >= 0.3 is 62.4 Å². The van der Waals surface area contributed by atoms with E-state index in [1.54, 1.807) is 0 Å². The second-order valence-corrected chi connectivity index (χ2v) is 8.81. The molecule has 0 unspecified atom stereocenters. The Labute approximate surface area is 62.6 Å². The van der Waals surface area contributed by atoms with Gasteiger partial charge < -0.3 is 0 Å². The van der Waals surface area contributed by atoms with Crippen molar-refractivity contribution in [2.75, 3.05) is 6.61 Å². The zero-order valence-corrected chi connectivity index (χ0v) is 7.87. The van der Waals surface area contributed by atoms with Gasteiger partial charge in [-0.25, -0.2) is 0 Å². The van der Waals surface area contributed by atoms with Gasteiger partial charge in [0, 0.05) is 0 Å². The van der Waals surface area contributed by atoms with Gasteiger partial charge in [0.2, 0.25) is 0 Å². The van der Waals surface area contributed by atoms with Gasteiger partial charge in [0.25, 0.3) is 0 Å². The van der Waals surface area contributed by atoms with Crippen molar-refractivity contribution < 1.29 is 5.11 Å². The molecule has 0 radical (unpaired) electrons. The van der Waals surface area contributed by atoms with Crippen LogP contribution in [0.1, 0.15) is 12.8 Å². The molecule has 0 heterocycles. The zero-order chi connectivity index (χ0) is 6.41. The third-order valence-corrected chi connectivity index (χ3v) is 3.86. The van der Waals surface area contributed by atoms with Crippen molar-refractivity contribution in [2.24, 2.45) is 0 Å². The first-order chi connectivity index (χ1) is 3.77. The number of halogens is 2. The van der Waals surface area contributed by atoms with Crippen LogP contribution >= 0.6 is 19.9 Å². The maximum atomic E-state index is 8.31. The minimum absolute atomic E-state index is 0.260. The number of unbranched alkanes of at least 4 members (excludes halogenated alkanes) is 1. The molecule has 0 fully saturated rings. The van der Waals surface area contributed by atoms with Crippen LogP contribution < -0.4 is 0 Å². The van der Waals surface area contributed by atoms with Crippen molar-refractivity contribution in [1.82, 2.24) is 0 Å². The molecular formula is C4H9AsCl2O. The fourth-order valence-corrected chi connectivity index (χ4v) is 2.56. The number of aliphatic hydroxyl groups excluding tert-OH is 1. The van der Waals surface area contributed by atoms with Crippen molar-refractivity contribution in [2.45, 2.75) is 18.1 Å². The fraction of sp³-hybridized carbons (Fsp3) is 1.00. The first kappa shape index (κ1) is 9.10. The van der Waals surface area contributed by atoms with Crippen LogP contribution in [0.5, 0.6) is 0 Å². The van der Waals surface area contributed by atoms with Crippen LogP contribution in [0.25, 0.3) is 0 Å². The van der Waals surface area contributed by atoms with Crippen molar-refractivity contribution >= 4 is 32.7 Å². The summed E-state index contributed by atoms with van der Waals surface area (Å²) in [4.78, 5) is 0. The van der Waals surface area contributed by atoms with Gasteiger partial charge in [-0.15, -0.1) is 0 Å². The van der Waals surface area contributed by atoms with Gasteiger partial charge in [0.05, 0.1) is 0 Å². The molecule has 0 bridgehead atoms. The Balaban J connectivity index is 2.72. The van der Waals surface area contributed by atoms with Crippen molar-refractivity contribution in [3.8, 4) is 0 Å². The van der Waals surface area contributed by atoms with E-state index in [1.165, 1.54) is 0 Å². The van der Waals surface area contributed by atoms with Crippen LogP contribution in [-0.4, -0.2) is 24.5 Å². The van der Waals surface area contributed by atoms with E-state index >= 15 is 0 Å². The molecular weight excluding hydrogens is 210 g/mol. The van der Waals surface area contributed by atoms with Crippen molar-refractivity contribution in [3.63, 3.8) is 0 Å². The van der Waals surface area contributed by atoms with E-state index in [1.807, 2.05) is 0 Å². The van der Waals surface area contributed by atoms with Crippen LogP contribution in [0.15, 0.2) is 0 Å². The molecule has 0 aliphatic carbocycles. The molecule has 50 valence electrons. The maximum absolute atomic E-state index is 8.31. The zero-order valence-electron chi connectivity index (χ0n) is 4.48. The molecule has 0 aromatic carbocycles. The van der Waals surface area contributed by atoms with E-state index in [0.29, 0.717) is 0 Å². The molecule has 1 nitrogen and oxygen atoms in total. The number of hydrogen-bond acceptors (Lipinski definition) is 1. The SMILES string of the molecule is OCCCC[As](Cl)Cl. The summed E-state index contributed by atoms with van der Waals surface area (Å²) >= 11 is -1.42. The van der Waals surface area contributed by atoms with E-state index in [2.05, 4.69) is 0 Å². The summed E-state index contributed by atoms with van der Waals surface area (Å²) in [5.41, 5.74) is 0. The van der Waals surface area contributed by atoms with Crippen LogP contribution in [0.4, 0.5) is 0 Å². The predicted octanol–water partition coefficient (Wildman–Crippen LogP) is 1.72. The molecule has 0 aromatic heterocycles. The minimum atomic E-state index is -1.42. The number of aliphatic hydroxyl groups is 1. The van der Waals surface area contributed by atoms with E-state index in [-0.39, 0.29) is 6.61 Å². The second kappa shape index (κ2) is 6.22. The summed E-state index contributed by atoms with van der Waals surface area (Å²) in [6.07, 6.45) is 1.81. The fourth-order valence-electron chi connectivity index (χ4n) is 0.343.